The van der Waals surface area contributed by atoms with E-state index in [1.165, 1.54) is 0 Å². The smallest absolute Gasteiger partial charge is 0.410 e. The number of hydrogen-bond donors (Lipinski definition) is 2. The van der Waals surface area contributed by atoms with E-state index in [0.29, 0.717) is 19.5 Å². The molecule has 8 heteroatoms. The molecule has 1 unspecified atom stereocenters. The van der Waals surface area contributed by atoms with Gasteiger partial charge in [-0.05, 0) is 67.2 Å². The third-order valence-corrected chi connectivity index (χ3v) is 5.15. The summed E-state index contributed by atoms with van der Waals surface area (Å²) >= 11 is 0. The van der Waals surface area contributed by atoms with Crippen LogP contribution in [-0.2, 0) is 14.9 Å². The highest BCUT2D eigenvalue weighted by Crippen LogP contribution is 2.16. The van der Waals surface area contributed by atoms with Crippen LogP contribution in [-0.4, -0.2) is 49.7 Å². The predicted molar refractivity (Wildman–Crippen MR) is 99.6 cm³/mol. The minimum atomic E-state index is -3.54. The summed E-state index contributed by atoms with van der Waals surface area (Å²) in [5.41, 5.74) is -1.02. The van der Waals surface area contributed by atoms with Gasteiger partial charge >= 0.3 is 6.09 Å². The summed E-state index contributed by atoms with van der Waals surface area (Å²) in [6, 6.07) is -0.113. The van der Waals surface area contributed by atoms with E-state index >= 15 is 0 Å². The maximum Gasteiger partial charge on any atom is 0.410 e. The van der Waals surface area contributed by atoms with E-state index in [1.807, 2.05) is 41.5 Å². The summed E-state index contributed by atoms with van der Waals surface area (Å²) in [5, 5.41) is 0. The fourth-order valence-electron chi connectivity index (χ4n) is 2.76. The third kappa shape index (κ3) is 10.0. The van der Waals surface area contributed by atoms with Crippen LogP contribution in [0.25, 0.3) is 0 Å². The molecule has 1 amide bonds. The van der Waals surface area contributed by atoms with Gasteiger partial charge in [0.15, 0.2) is 0 Å². The van der Waals surface area contributed by atoms with E-state index in [1.54, 1.807) is 4.90 Å². The van der Waals surface area contributed by atoms with Gasteiger partial charge in [-0.15, -0.1) is 0 Å². The number of carbonyl (C=O) groups excluding carboxylic acids is 1. The average molecular weight is 378 g/mol. The Morgan fingerprint density at radius 1 is 1.00 bits per heavy atom. The van der Waals surface area contributed by atoms with Gasteiger partial charge in [0.25, 0.3) is 10.2 Å². The molecular weight excluding hydrogens is 342 g/mol. The molecule has 2 N–H and O–H groups in total. The Morgan fingerprint density at radius 3 is 2.12 bits per heavy atom. The predicted octanol–water partition coefficient (Wildman–Crippen LogP) is 2.78. The molecular formula is C17H35N3O4S. The van der Waals surface area contributed by atoms with Crippen LogP contribution < -0.4 is 9.44 Å². The van der Waals surface area contributed by atoms with Crippen LogP contribution in [0.15, 0.2) is 0 Å². The van der Waals surface area contributed by atoms with Crippen molar-refractivity contribution < 1.29 is 17.9 Å². The summed E-state index contributed by atoms with van der Waals surface area (Å²) in [4.78, 5) is 14.0. The SMILES string of the molecule is CC(C)(C)NS(=O)(=O)NC1CCCCN(C(=O)OC(C)(C)C)CCC1. The molecule has 148 valence electrons. The number of nitrogens with zero attached hydrogens (tertiary/aromatic N) is 1. The molecule has 1 atom stereocenters. The number of ether oxygens (including phenoxy) is 1. The van der Waals surface area contributed by atoms with Crippen molar-refractivity contribution in [2.45, 2.75) is 90.8 Å². The molecule has 1 saturated heterocycles. The molecule has 0 saturated carbocycles. The second-order valence-electron chi connectivity index (χ2n) is 8.78. The number of hydrogen-bond acceptors (Lipinski definition) is 4. The van der Waals surface area contributed by atoms with Crippen LogP contribution in [0.4, 0.5) is 4.79 Å². The van der Waals surface area contributed by atoms with Crippen molar-refractivity contribution >= 4 is 16.3 Å². The van der Waals surface area contributed by atoms with Gasteiger partial charge in [0.2, 0.25) is 0 Å². The first kappa shape index (κ1) is 22.2. The minimum absolute atomic E-state index is 0.113. The lowest BCUT2D eigenvalue weighted by Gasteiger charge is -2.27. The zero-order chi connectivity index (χ0) is 19.3. The highest BCUT2D eigenvalue weighted by atomic mass is 32.2. The first-order valence-corrected chi connectivity index (χ1v) is 10.5. The van der Waals surface area contributed by atoms with Crippen LogP contribution in [0, 0.1) is 0 Å². The van der Waals surface area contributed by atoms with E-state index in [4.69, 9.17) is 4.74 Å². The van der Waals surface area contributed by atoms with Crippen molar-refractivity contribution in [1.29, 1.82) is 0 Å². The molecule has 1 rings (SSSR count). The van der Waals surface area contributed by atoms with Crippen molar-refractivity contribution in [3.8, 4) is 0 Å². The molecule has 7 nitrogen and oxygen atoms in total. The molecule has 0 aliphatic carbocycles. The second kappa shape index (κ2) is 8.68. The molecule has 25 heavy (non-hydrogen) atoms. The Hall–Kier alpha value is -0.860. The third-order valence-electron chi connectivity index (χ3n) is 3.63. The highest BCUT2D eigenvalue weighted by Gasteiger charge is 2.26. The van der Waals surface area contributed by atoms with E-state index in [-0.39, 0.29) is 12.1 Å². The van der Waals surface area contributed by atoms with Crippen LogP contribution in [0.1, 0.15) is 73.6 Å². The van der Waals surface area contributed by atoms with E-state index < -0.39 is 21.3 Å². The zero-order valence-corrected chi connectivity index (χ0v) is 17.3. The lowest BCUT2D eigenvalue weighted by Crippen LogP contribution is -2.49. The second-order valence-corrected chi connectivity index (χ2v) is 10.2. The fraction of sp³-hybridized carbons (Fsp3) is 0.941. The normalized spacial score (nSPS) is 21.2. The first-order chi connectivity index (χ1) is 11.3. The molecule has 1 aliphatic heterocycles. The Balaban J connectivity index is 2.60. The first-order valence-electron chi connectivity index (χ1n) is 9.07. The van der Waals surface area contributed by atoms with Crippen molar-refractivity contribution in [3.05, 3.63) is 0 Å². The minimum Gasteiger partial charge on any atom is -0.444 e. The largest absolute Gasteiger partial charge is 0.444 e. The standard InChI is InChI=1S/C17H35N3O4S/c1-16(2,3)19-25(22,23)18-14-10-7-8-12-20(13-9-11-14)15(21)24-17(4,5)6/h14,18-19H,7-13H2,1-6H3. The van der Waals surface area contributed by atoms with Crippen LogP contribution in [0.2, 0.25) is 0 Å². The summed E-state index contributed by atoms with van der Waals surface area (Å²) in [7, 11) is -3.54. The molecule has 0 spiro atoms. The van der Waals surface area contributed by atoms with Crippen molar-refractivity contribution in [1.82, 2.24) is 14.3 Å². The lowest BCUT2D eigenvalue weighted by atomic mass is 10.1. The highest BCUT2D eigenvalue weighted by molar-refractivity contribution is 7.87. The van der Waals surface area contributed by atoms with Gasteiger partial charge in [-0.1, -0.05) is 6.42 Å². The van der Waals surface area contributed by atoms with Crippen molar-refractivity contribution in [2.24, 2.45) is 0 Å². The topological polar surface area (TPSA) is 87.7 Å². The Kier molecular flexibility index (Phi) is 7.71. The monoisotopic (exact) mass is 377 g/mol. The van der Waals surface area contributed by atoms with Gasteiger partial charge in [0.05, 0.1) is 0 Å². The van der Waals surface area contributed by atoms with E-state index in [9.17, 15) is 13.2 Å². The van der Waals surface area contributed by atoms with Gasteiger partial charge < -0.3 is 9.64 Å². The maximum absolute atomic E-state index is 12.2. The van der Waals surface area contributed by atoms with Gasteiger partial charge in [-0.25, -0.2) is 4.79 Å². The maximum atomic E-state index is 12.2. The molecule has 0 radical (unpaired) electrons. The number of carbonyl (C=O) groups is 1. The lowest BCUT2D eigenvalue weighted by molar-refractivity contribution is 0.0246. The fourth-order valence-corrected chi connectivity index (χ4v) is 4.30. The summed E-state index contributed by atoms with van der Waals surface area (Å²) < 4.78 is 35.3. The molecule has 0 aromatic carbocycles. The molecule has 0 aromatic rings. The molecule has 1 heterocycles. The van der Waals surface area contributed by atoms with Gasteiger partial charge in [-0.3, -0.25) is 0 Å². The molecule has 1 fully saturated rings. The van der Waals surface area contributed by atoms with Crippen LogP contribution in [0.5, 0.6) is 0 Å². The quantitative estimate of drug-likeness (QED) is 0.792. The van der Waals surface area contributed by atoms with Crippen molar-refractivity contribution in [2.75, 3.05) is 13.1 Å². The summed E-state index contributed by atoms with van der Waals surface area (Å²) in [5.74, 6) is 0. The summed E-state index contributed by atoms with van der Waals surface area (Å²) in [6.07, 6.45) is 3.62. The number of nitrogens with one attached hydrogen (secondary N) is 2. The van der Waals surface area contributed by atoms with Gasteiger partial charge in [-0.2, -0.15) is 17.9 Å². The molecule has 1 aliphatic rings. The van der Waals surface area contributed by atoms with Gasteiger partial charge in [0, 0.05) is 24.7 Å². The number of rotatable bonds is 3. The molecule has 0 aromatic heterocycles. The Labute approximate surface area is 153 Å². The summed E-state index contributed by atoms with van der Waals surface area (Å²) in [6.45, 7) is 12.2. The Morgan fingerprint density at radius 2 is 1.56 bits per heavy atom. The van der Waals surface area contributed by atoms with E-state index in [0.717, 1.165) is 25.7 Å². The van der Waals surface area contributed by atoms with E-state index in [2.05, 4.69) is 9.44 Å². The van der Waals surface area contributed by atoms with Crippen molar-refractivity contribution in [3.63, 3.8) is 0 Å². The van der Waals surface area contributed by atoms with Crippen LogP contribution >= 0.6 is 0 Å². The Bertz CT molecular complexity index is 535. The van der Waals surface area contributed by atoms with Gasteiger partial charge in [0.1, 0.15) is 5.60 Å². The zero-order valence-electron chi connectivity index (χ0n) is 16.5. The van der Waals surface area contributed by atoms with Crippen LogP contribution in [0.3, 0.4) is 0 Å². The number of amides is 1. The molecule has 0 bridgehead atoms. The average Bonchev–Trinajstić information content (AvgIpc) is 2.45.